The van der Waals surface area contributed by atoms with Crippen molar-refractivity contribution in [2.24, 2.45) is 0 Å². The predicted octanol–water partition coefficient (Wildman–Crippen LogP) is 4.63. The highest BCUT2D eigenvalue weighted by Gasteiger charge is 2.12. The third-order valence-corrected chi connectivity index (χ3v) is 4.42. The molecule has 0 aliphatic carbocycles. The molecule has 2 unspecified atom stereocenters. The molecule has 0 fully saturated rings. The Bertz CT molecular complexity index is 692. The lowest BCUT2D eigenvalue weighted by molar-refractivity contribution is 0.0600. The molecule has 0 amide bonds. The fraction of sp³-hybridized carbons (Fsp3) is 0.350. The van der Waals surface area contributed by atoms with Gasteiger partial charge in [-0.2, -0.15) is 0 Å². The molecule has 142 valence electrons. The zero-order valence-corrected chi connectivity index (χ0v) is 16.8. The summed E-state index contributed by atoms with van der Waals surface area (Å²) in [7, 11) is 3.08. The SMILES string of the molecule is COC(=O)c1ccc(C(C)CNCC(OC)c2cccc(Cl)c2)cc1.Cl. The Morgan fingerprint density at radius 2 is 1.77 bits per heavy atom. The van der Waals surface area contributed by atoms with Crippen molar-refractivity contribution in [3.8, 4) is 0 Å². The minimum Gasteiger partial charge on any atom is -0.465 e. The van der Waals surface area contributed by atoms with Gasteiger partial charge in [0.05, 0.1) is 18.8 Å². The number of halogens is 2. The van der Waals surface area contributed by atoms with Crippen LogP contribution in [0.15, 0.2) is 48.5 Å². The first-order chi connectivity index (χ1) is 12.0. The fourth-order valence-corrected chi connectivity index (χ4v) is 2.86. The van der Waals surface area contributed by atoms with Gasteiger partial charge in [-0.15, -0.1) is 12.4 Å². The first-order valence-electron chi connectivity index (χ1n) is 8.22. The summed E-state index contributed by atoms with van der Waals surface area (Å²) in [5.74, 6) is -0.00893. The largest absolute Gasteiger partial charge is 0.465 e. The summed E-state index contributed by atoms with van der Waals surface area (Å²) in [6, 6.07) is 15.2. The van der Waals surface area contributed by atoms with Crippen molar-refractivity contribution in [2.75, 3.05) is 27.3 Å². The van der Waals surface area contributed by atoms with E-state index in [0.717, 1.165) is 17.7 Å². The van der Waals surface area contributed by atoms with Crippen molar-refractivity contribution in [1.82, 2.24) is 5.32 Å². The van der Waals surface area contributed by atoms with Crippen LogP contribution in [-0.4, -0.2) is 33.3 Å². The number of carbonyl (C=O) groups excluding carboxylic acids is 1. The van der Waals surface area contributed by atoms with Gasteiger partial charge >= 0.3 is 5.97 Å². The molecule has 2 rings (SSSR count). The Labute approximate surface area is 166 Å². The molecular formula is C20H25Cl2NO3. The van der Waals surface area contributed by atoms with Gasteiger partial charge in [-0.1, -0.05) is 42.8 Å². The maximum Gasteiger partial charge on any atom is 0.337 e. The van der Waals surface area contributed by atoms with Gasteiger partial charge in [0, 0.05) is 25.2 Å². The average molecular weight is 398 g/mol. The number of hydrogen-bond acceptors (Lipinski definition) is 4. The van der Waals surface area contributed by atoms with Gasteiger partial charge in [-0.25, -0.2) is 4.79 Å². The molecule has 4 nitrogen and oxygen atoms in total. The minimum absolute atomic E-state index is 0. The normalized spacial score (nSPS) is 12.8. The molecule has 0 aliphatic heterocycles. The molecule has 0 aliphatic rings. The number of methoxy groups -OCH3 is 2. The Kier molecular flexibility index (Phi) is 9.66. The number of esters is 1. The second kappa shape index (κ2) is 11.2. The van der Waals surface area contributed by atoms with E-state index >= 15 is 0 Å². The van der Waals surface area contributed by atoms with Crippen molar-refractivity contribution in [3.63, 3.8) is 0 Å². The van der Waals surface area contributed by atoms with E-state index in [1.54, 1.807) is 19.2 Å². The van der Waals surface area contributed by atoms with Crippen molar-refractivity contribution >= 4 is 30.0 Å². The molecule has 2 aromatic rings. The maximum absolute atomic E-state index is 11.5. The van der Waals surface area contributed by atoms with Crippen LogP contribution in [0, 0.1) is 0 Å². The van der Waals surface area contributed by atoms with E-state index in [1.165, 1.54) is 7.11 Å². The van der Waals surface area contributed by atoms with Crippen LogP contribution in [0.2, 0.25) is 5.02 Å². The number of hydrogen-bond donors (Lipinski definition) is 1. The molecule has 0 spiro atoms. The second-order valence-corrected chi connectivity index (χ2v) is 6.39. The summed E-state index contributed by atoms with van der Waals surface area (Å²) in [6.07, 6.45) is -0.0485. The highest BCUT2D eigenvalue weighted by molar-refractivity contribution is 6.30. The molecule has 0 bridgehead atoms. The van der Waals surface area contributed by atoms with E-state index in [4.69, 9.17) is 21.1 Å². The first kappa shape index (κ1) is 22.5. The van der Waals surface area contributed by atoms with Crippen LogP contribution in [0.3, 0.4) is 0 Å². The van der Waals surface area contributed by atoms with E-state index in [0.29, 0.717) is 23.0 Å². The summed E-state index contributed by atoms with van der Waals surface area (Å²) in [5, 5.41) is 4.15. The molecule has 0 aromatic heterocycles. The zero-order valence-electron chi connectivity index (χ0n) is 15.2. The number of benzene rings is 2. The molecule has 0 saturated heterocycles. The smallest absolute Gasteiger partial charge is 0.337 e. The number of nitrogens with one attached hydrogen (secondary N) is 1. The van der Waals surface area contributed by atoms with Crippen LogP contribution < -0.4 is 5.32 Å². The quantitative estimate of drug-likeness (QED) is 0.659. The van der Waals surface area contributed by atoms with Gasteiger partial charge in [0.2, 0.25) is 0 Å². The number of ether oxygens (including phenoxy) is 2. The van der Waals surface area contributed by atoms with Crippen LogP contribution in [0.4, 0.5) is 0 Å². The van der Waals surface area contributed by atoms with Crippen molar-refractivity contribution < 1.29 is 14.3 Å². The predicted molar refractivity (Wildman–Crippen MR) is 108 cm³/mol. The van der Waals surface area contributed by atoms with E-state index in [-0.39, 0.29) is 24.5 Å². The van der Waals surface area contributed by atoms with Gasteiger partial charge in [0.1, 0.15) is 0 Å². The number of rotatable bonds is 8. The van der Waals surface area contributed by atoms with Crippen molar-refractivity contribution in [3.05, 3.63) is 70.2 Å². The molecule has 6 heteroatoms. The summed E-state index contributed by atoms with van der Waals surface area (Å²) in [5.41, 5.74) is 2.78. The van der Waals surface area contributed by atoms with Crippen LogP contribution in [-0.2, 0) is 9.47 Å². The molecule has 2 aromatic carbocycles. The Hall–Kier alpha value is -1.59. The first-order valence-corrected chi connectivity index (χ1v) is 8.60. The summed E-state index contributed by atoms with van der Waals surface area (Å²) >= 11 is 6.05. The molecule has 0 radical (unpaired) electrons. The highest BCUT2D eigenvalue weighted by Crippen LogP contribution is 2.20. The van der Waals surface area contributed by atoms with Gasteiger partial charge in [-0.05, 0) is 41.3 Å². The van der Waals surface area contributed by atoms with Crippen LogP contribution in [0.1, 0.15) is 40.4 Å². The van der Waals surface area contributed by atoms with E-state index < -0.39 is 0 Å². The summed E-state index contributed by atoms with van der Waals surface area (Å²) in [6.45, 7) is 3.64. The molecular weight excluding hydrogens is 373 g/mol. The van der Waals surface area contributed by atoms with Crippen LogP contribution in [0.5, 0.6) is 0 Å². The summed E-state index contributed by atoms with van der Waals surface area (Å²) < 4.78 is 10.3. The monoisotopic (exact) mass is 397 g/mol. The third kappa shape index (κ3) is 6.29. The second-order valence-electron chi connectivity index (χ2n) is 5.95. The van der Waals surface area contributed by atoms with E-state index in [1.807, 2.05) is 36.4 Å². The third-order valence-electron chi connectivity index (χ3n) is 4.19. The van der Waals surface area contributed by atoms with Gasteiger partial charge in [-0.3, -0.25) is 0 Å². The number of carbonyl (C=O) groups is 1. The summed E-state index contributed by atoms with van der Waals surface area (Å²) in [4.78, 5) is 11.5. The molecule has 0 saturated carbocycles. The average Bonchev–Trinajstić information content (AvgIpc) is 2.64. The minimum atomic E-state index is -0.318. The topological polar surface area (TPSA) is 47.6 Å². The lowest BCUT2D eigenvalue weighted by Crippen LogP contribution is -2.26. The lowest BCUT2D eigenvalue weighted by Gasteiger charge is -2.19. The Morgan fingerprint density at radius 3 is 2.35 bits per heavy atom. The molecule has 26 heavy (non-hydrogen) atoms. The van der Waals surface area contributed by atoms with Gasteiger partial charge < -0.3 is 14.8 Å². The lowest BCUT2D eigenvalue weighted by atomic mass is 9.99. The Balaban J connectivity index is 0.00000338. The fourth-order valence-electron chi connectivity index (χ4n) is 2.66. The molecule has 1 N–H and O–H groups in total. The molecule has 0 heterocycles. The van der Waals surface area contributed by atoms with E-state index in [2.05, 4.69) is 12.2 Å². The zero-order chi connectivity index (χ0) is 18.2. The van der Waals surface area contributed by atoms with Crippen molar-refractivity contribution in [1.29, 1.82) is 0 Å². The highest BCUT2D eigenvalue weighted by atomic mass is 35.5. The van der Waals surface area contributed by atoms with Gasteiger partial charge in [0.15, 0.2) is 0 Å². The van der Waals surface area contributed by atoms with Crippen LogP contribution >= 0.6 is 24.0 Å². The maximum atomic E-state index is 11.5. The molecule has 2 atom stereocenters. The van der Waals surface area contributed by atoms with Crippen molar-refractivity contribution in [2.45, 2.75) is 18.9 Å². The van der Waals surface area contributed by atoms with Crippen LogP contribution in [0.25, 0.3) is 0 Å². The van der Waals surface area contributed by atoms with Gasteiger partial charge in [0.25, 0.3) is 0 Å². The Morgan fingerprint density at radius 1 is 1.08 bits per heavy atom. The standard InChI is InChI=1S/C20H24ClNO3.ClH/c1-14(15-7-9-16(10-8-15)20(23)25-3)12-22-13-19(24-2)17-5-4-6-18(21)11-17;/h4-11,14,19,22H,12-13H2,1-3H3;1H. The van der Waals surface area contributed by atoms with E-state index in [9.17, 15) is 4.79 Å².